The molecule has 3 rings (SSSR count). The third kappa shape index (κ3) is 3.75. The summed E-state index contributed by atoms with van der Waals surface area (Å²) in [5.74, 6) is 0.142. The summed E-state index contributed by atoms with van der Waals surface area (Å²) >= 11 is 0. The van der Waals surface area contributed by atoms with E-state index >= 15 is 0 Å². The number of ether oxygens (including phenoxy) is 1. The van der Waals surface area contributed by atoms with Gasteiger partial charge in [-0.25, -0.2) is 4.39 Å². The number of nitrogens with zero attached hydrogens (tertiary/aromatic N) is 2. The molecule has 0 aliphatic carbocycles. The first-order chi connectivity index (χ1) is 11.6. The minimum absolute atomic E-state index is 0.185. The van der Waals surface area contributed by atoms with E-state index in [1.807, 2.05) is 0 Å². The molecule has 0 aliphatic heterocycles. The molecule has 3 aromatic rings. The number of anilines is 1. The first kappa shape index (κ1) is 15.7. The molecule has 24 heavy (non-hydrogen) atoms. The quantitative estimate of drug-likeness (QED) is 0.778. The maximum absolute atomic E-state index is 13.2. The van der Waals surface area contributed by atoms with Gasteiger partial charge in [0, 0.05) is 11.3 Å². The van der Waals surface area contributed by atoms with Gasteiger partial charge in [-0.1, -0.05) is 6.07 Å². The zero-order valence-electron chi connectivity index (χ0n) is 12.8. The molecule has 0 spiro atoms. The first-order valence-corrected chi connectivity index (χ1v) is 7.17. The highest BCUT2D eigenvalue weighted by Gasteiger charge is 2.08. The van der Waals surface area contributed by atoms with Gasteiger partial charge in [-0.15, -0.1) is 10.2 Å². The van der Waals surface area contributed by atoms with Crippen LogP contribution < -0.4 is 10.1 Å². The smallest absolute Gasteiger partial charge is 0.262 e. The van der Waals surface area contributed by atoms with Crippen molar-refractivity contribution in [3.8, 4) is 17.2 Å². The van der Waals surface area contributed by atoms with E-state index in [2.05, 4.69) is 15.5 Å². The average molecular weight is 327 g/mol. The van der Waals surface area contributed by atoms with Crippen molar-refractivity contribution in [3.05, 3.63) is 60.2 Å². The lowest BCUT2D eigenvalue weighted by Gasteiger charge is -2.10. The molecule has 0 saturated carbocycles. The zero-order chi connectivity index (χ0) is 16.9. The van der Waals surface area contributed by atoms with Gasteiger partial charge in [0.15, 0.2) is 6.61 Å². The molecule has 1 heterocycles. The van der Waals surface area contributed by atoms with Crippen molar-refractivity contribution >= 4 is 11.6 Å². The van der Waals surface area contributed by atoms with Crippen LogP contribution in [0.3, 0.4) is 0 Å². The van der Waals surface area contributed by atoms with Crippen LogP contribution in [0.15, 0.2) is 53.3 Å². The van der Waals surface area contributed by atoms with E-state index in [1.54, 1.807) is 37.3 Å². The number of hydrogen-bond acceptors (Lipinski definition) is 5. The standard InChI is InChI=1S/C17H14FN3O3/c1-11-2-5-13(18)8-15(11)20-16(22)9-23-14-6-3-12(4-7-14)17-21-19-10-24-17/h2-8,10H,9H2,1H3,(H,20,22). The molecule has 0 fully saturated rings. The van der Waals surface area contributed by atoms with Crippen LogP contribution in [0, 0.1) is 12.7 Å². The normalized spacial score (nSPS) is 10.4. The monoisotopic (exact) mass is 327 g/mol. The number of carbonyl (C=O) groups is 1. The van der Waals surface area contributed by atoms with Crippen LogP contribution >= 0.6 is 0 Å². The molecule has 2 aromatic carbocycles. The Balaban J connectivity index is 1.57. The molecule has 0 saturated heterocycles. The number of aryl methyl sites for hydroxylation is 1. The van der Waals surface area contributed by atoms with Crippen molar-refractivity contribution in [1.29, 1.82) is 0 Å². The van der Waals surface area contributed by atoms with Gasteiger partial charge in [-0.3, -0.25) is 4.79 Å². The highest BCUT2D eigenvalue weighted by molar-refractivity contribution is 5.92. The summed E-state index contributed by atoms with van der Waals surface area (Å²) in [5.41, 5.74) is 1.95. The lowest BCUT2D eigenvalue weighted by Crippen LogP contribution is -2.20. The molecular weight excluding hydrogens is 313 g/mol. The summed E-state index contributed by atoms with van der Waals surface area (Å²) in [6, 6.07) is 11.1. The number of aromatic nitrogens is 2. The van der Waals surface area contributed by atoms with E-state index in [9.17, 15) is 9.18 Å². The lowest BCUT2D eigenvalue weighted by atomic mass is 10.2. The Morgan fingerprint density at radius 3 is 2.75 bits per heavy atom. The van der Waals surface area contributed by atoms with Crippen LogP contribution in [0.25, 0.3) is 11.5 Å². The summed E-state index contributed by atoms with van der Waals surface area (Å²) in [7, 11) is 0. The highest BCUT2D eigenvalue weighted by Crippen LogP contribution is 2.20. The Morgan fingerprint density at radius 1 is 1.25 bits per heavy atom. The van der Waals surface area contributed by atoms with Crippen LogP contribution in [0.1, 0.15) is 5.56 Å². The van der Waals surface area contributed by atoms with Gasteiger partial charge in [0.1, 0.15) is 11.6 Å². The van der Waals surface area contributed by atoms with Gasteiger partial charge in [-0.2, -0.15) is 0 Å². The Bertz CT molecular complexity index is 833. The summed E-state index contributed by atoms with van der Waals surface area (Å²) < 4.78 is 23.7. The second-order valence-corrected chi connectivity index (χ2v) is 5.06. The molecule has 0 radical (unpaired) electrons. The van der Waals surface area contributed by atoms with Gasteiger partial charge >= 0.3 is 0 Å². The summed E-state index contributed by atoms with van der Waals surface area (Å²) in [4.78, 5) is 11.9. The maximum atomic E-state index is 13.2. The molecule has 0 bridgehead atoms. The van der Waals surface area contributed by atoms with Gasteiger partial charge in [0.25, 0.3) is 5.91 Å². The van der Waals surface area contributed by atoms with Crippen molar-refractivity contribution in [3.63, 3.8) is 0 Å². The molecule has 0 aliphatic rings. The average Bonchev–Trinajstić information content (AvgIpc) is 3.11. The van der Waals surface area contributed by atoms with Crippen LogP contribution in [-0.2, 0) is 4.79 Å². The number of rotatable bonds is 5. The fraction of sp³-hybridized carbons (Fsp3) is 0.118. The molecule has 1 N–H and O–H groups in total. The molecule has 7 heteroatoms. The molecule has 1 amide bonds. The Hall–Kier alpha value is -3.22. The number of benzene rings is 2. The molecule has 0 atom stereocenters. The van der Waals surface area contributed by atoms with Crippen molar-refractivity contribution in [2.75, 3.05) is 11.9 Å². The SMILES string of the molecule is Cc1ccc(F)cc1NC(=O)COc1ccc(-c2nnco2)cc1. The van der Waals surface area contributed by atoms with E-state index in [-0.39, 0.29) is 12.5 Å². The predicted molar refractivity (Wildman–Crippen MR) is 85.0 cm³/mol. The second-order valence-electron chi connectivity index (χ2n) is 5.06. The molecule has 1 aromatic heterocycles. The molecule has 0 unspecified atom stereocenters. The van der Waals surface area contributed by atoms with Gasteiger partial charge in [0.2, 0.25) is 12.3 Å². The van der Waals surface area contributed by atoms with Crippen molar-refractivity contribution in [1.82, 2.24) is 10.2 Å². The number of halogens is 1. The molecular formula is C17H14FN3O3. The van der Waals surface area contributed by atoms with E-state index in [0.717, 1.165) is 11.1 Å². The largest absolute Gasteiger partial charge is 0.484 e. The van der Waals surface area contributed by atoms with Crippen molar-refractivity contribution < 1.29 is 18.3 Å². The third-order valence-corrected chi connectivity index (χ3v) is 3.30. The van der Waals surface area contributed by atoms with Gasteiger partial charge < -0.3 is 14.5 Å². The van der Waals surface area contributed by atoms with Crippen LogP contribution in [0.5, 0.6) is 5.75 Å². The van der Waals surface area contributed by atoms with Crippen molar-refractivity contribution in [2.24, 2.45) is 0 Å². The Morgan fingerprint density at radius 2 is 2.04 bits per heavy atom. The Labute approximate surface area is 137 Å². The number of hydrogen-bond donors (Lipinski definition) is 1. The predicted octanol–water partition coefficient (Wildman–Crippen LogP) is 3.20. The summed E-state index contributed by atoms with van der Waals surface area (Å²) in [5, 5.41) is 10.0. The van der Waals surface area contributed by atoms with E-state index in [4.69, 9.17) is 9.15 Å². The zero-order valence-corrected chi connectivity index (χ0v) is 12.8. The molecule has 6 nitrogen and oxygen atoms in total. The topological polar surface area (TPSA) is 77.2 Å². The van der Waals surface area contributed by atoms with Gasteiger partial charge in [-0.05, 0) is 48.9 Å². The minimum atomic E-state index is -0.409. The fourth-order valence-corrected chi connectivity index (χ4v) is 2.06. The number of nitrogens with one attached hydrogen (secondary N) is 1. The number of amides is 1. The highest BCUT2D eigenvalue weighted by atomic mass is 19.1. The van der Waals surface area contributed by atoms with Gasteiger partial charge in [0.05, 0.1) is 0 Å². The third-order valence-electron chi connectivity index (χ3n) is 3.30. The summed E-state index contributed by atoms with van der Waals surface area (Å²) in [6.07, 6.45) is 1.25. The maximum Gasteiger partial charge on any atom is 0.262 e. The lowest BCUT2D eigenvalue weighted by molar-refractivity contribution is -0.118. The van der Waals surface area contributed by atoms with Crippen LogP contribution in [-0.4, -0.2) is 22.7 Å². The van der Waals surface area contributed by atoms with E-state index in [1.165, 1.54) is 18.5 Å². The molecule has 122 valence electrons. The fourth-order valence-electron chi connectivity index (χ4n) is 2.06. The summed E-state index contributed by atoms with van der Waals surface area (Å²) in [6.45, 7) is 1.60. The van der Waals surface area contributed by atoms with Crippen molar-refractivity contribution in [2.45, 2.75) is 6.92 Å². The first-order valence-electron chi connectivity index (χ1n) is 7.17. The van der Waals surface area contributed by atoms with Crippen LogP contribution in [0.2, 0.25) is 0 Å². The Kier molecular flexibility index (Phi) is 4.51. The van der Waals surface area contributed by atoms with E-state index < -0.39 is 5.82 Å². The second kappa shape index (κ2) is 6.91. The minimum Gasteiger partial charge on any atom is -0.484 e. The van der Waals surface area contributed by atoms with E-state index in [0.29, 0.717) is 17.3 Å². The van der Waals surface area contributed by atoms with Crippen LogP contribution in [0.4, 0.5) is 10.1 Å². The number of carbonyl (C=O) groups excluding carboxylic acids is 1.